The van der Waals surface area contributed by atoms with Crippen LogP contribution in [0.2, 0.25) is 0 Å². The number of aromatic nitrogens is 1. The third-order valence-corrected chi connectivity index (χ3v) is 3.20. The molecule has 0 radical (unpaired) electrons. The quantitative estimate of drug-likeness (QED) is 0.767. The molecule has 0 aliphatic heterocycles. The van der Waals surface area contributed by atoms with Gasteiger partial charge in [0.05, 0.1) is 12.1 Å². The first-order valence-corrected chi connectivity index (χ1v) is 6.69. The Kier molecular flexibility index (Phi) is 5.11. The molecule has 21 heavy (non-hydrogen) atoms. The van der Waals surface area contributed by atoms with E-state index < -0.39 is 17.4 Å². The van der Waals surface area contributed by atoms with E-state index in [1.807, 2.05) is 24.0 Å². The molecule has 1 aromatic carbocycles. The zero-order valence-electron chi connectivity index (χ0n) is 11.7. The molecule has 0 saturated carbocycles. The number of rotatable bonds is 6. The summed E-state index contributed by atoms with van der Waals surface area (Å²) in [5, 5.41) is 0. The molecule has 5 heteroatoms. The third kappa shape index (κ3) is 4.16. The number of hydrogen-bond acceptors (Lipinski definition) is 3. The number of likely N-dealkylation sites (N-methyl/N-ethyl adjacent to an activating group) is 1. The van der Waals surface area contributed by atoms with Gasteiger partial charge in [0.1, 0.15) is 11.6 Å². The molecule has 0 aliphatic rings. The first kappa shape index (κ1) is 15.3. The maximum absolute atomic E-state index is 13.6. The van der Waals surface area contributed by atoms with Crippen molar-refractivity contribution in [2.45, 2.75) is 13.5 Å². The Morgan fingerprint density at radius 3 is 2.57 bits per heavy atom. The second-order valence-electron chi connectivity index (χ2n) is 4.71. The maximum atomic E-state index is 13.6. The minimum atomic E-state index is -0.693. The molecule has 0 saturated heterocycles. The molecule has 3 nitrogen and oxygen atoms in total. The Hall–Kier alpha value is -2.14. The van der Waals surface area contributed by atoms with Crippen LogP contribution in [0.25, 0.3) is 0 Å². The van der Waals surface area contributed by atoms with Crippen LogP contribution in [-0.2, 0) is 6.54 Å². The lowest BCUT2D eigenvalue weighted by Gasteiger charge is -2.19. The summed E-state index contributed by atoms with van der Waals surface area (Å²) in [6.07, 6.45) is 3.36. The summed E-state index contributed by atoms with van der Waals surface area (Å²) in [5.41, 5.74) is 0.808. The van der Waals surface area contributed by atoms with Crippen LogP contribution in [0.15, 0.2) is 42.7 Å². The number of pyridine rings is 1. The van der Waals surface area contributed by atoms with Crippen LogP contribution in [0.3, 0.4) is 0 Å². The van der Waals surface area contributed by atoms with Crippen LogP contribution in [0, 0.1) is 11.6 Å². The standard InChI is InChI=1S/C16H16F2N2O/c1-2-20(10-12-5-7-19-8-6-12)11-16(21)14-9-13(17)3-4-15(14)18/h3-9H,2,10-11H2,1H3. The van der Waals surface area contributed by atoms with Crippen LogP contribution in [0.5, 0.6) is 0 Å². The molecule has 0 fully saturated rings. The summed E-state index contributed by atoms with van der Waals surface area (Å²) >= 11 is 0. The van der Waals surface area contributed by atoms with Crippen molar-refractivity contribution >= 4 is 5.78 Å². The van der Waals surface area contributed by atoms with Crippen LogP contribution in [0.1, 0.15) is 22.8 Å². The first-order valence-electron chi connectivity index (χ1n) is 6.69. The molecule has 0 atom stereocenters. The molecule has 110 valence electrons. The van der Waals surface area contributed by atoms with E-state index in [1.165, 1.54) is 0 Å². The minimum absolute atomic E-state index is 0.0409. The minimum Gasteiger partial charge on any atom is -0.293 e. The number of hydrogen-bond donors (Lipinski definition) is 0. The molecule has 0 spiro atoms. The fourth-order valence-corrected chi connectivity index (χ4v) is 2.03. The second-order valence-corrected chi connectivity index (χ2v) is 4.71. The summed E-state index contributed by atoms with van der Waals surface area (Å²) in [6.45, 7) is 3.14. The second kappa shape index (κ2) is 7.04. The van der Waals surface area contributed by atoms with Gasteiger partial charge in [0.2, 0.25) is 0 Å². The Balaban J connectivity index is 2.07. The average Bonchev–Trinajstić information content (AvgIpc) is 2.50. The van der Waals surface area contributed by atoms with Gasteiger partial charge in [0.25, 0.3) is 0 Å². The van der Waals surface area contributed by atoms with Crippen molar-refractivity contribution in [1.82, 2.24) is 9.88 Å². The highest BCUT2D eigenvalue weighted by Gasteiger charge is 2.16. The SMILES string of the molecule is CCN(CC(=O)c1cc(F)ccc1F)Cc1ccncc1. The zero-order chi connectivity index (χ0) is 15.2. The van der Waals surface area contributed by atoms with E-state index in [9.17, 15) is 13.6 Å². The van der Waals surface area contributed by atoms with Crippen molar-refractivity contribution in [3.05, 3.63) is 65.5 Å². The summed E-state index contributed by atoms with van der Waals surface area (Å²) in [6, 6.07) is 6.63. The summed E-state index contributed by atoms with van der Waals surface area (Å²) in [5.74, 6) is -1.73. The molecular weight excluding hydrogens is 274 g/mol. The third-order valence-electron chi connectivity index (χ3n) is 3.20. The number of carbonyl (C=O) groups is 1. The maximum Gasteiger partial charge on any atom is 0.179 e. The fraction of sp³-hybridized carbons (Fsp3) is 0.250. The number of halogens is 2. The Morgan fingerprint density at radius 1 is 1.19 bits per heavy atom. The molecule has 0 unspecified atom stereocenters. The summed E-state index contributed by atoms with van der Waals surface area (Å²) in [4.78, 5) is 17.9. The zero-order valence-corrected chi connectivity index (χ0v) is 11.7. The monoisotopic (exact) mass is 290 g/mol. The molecule has 2 rings (SSSR count). The molecule has 1 aromatic heterocycles. The lowest BCUT2D eigenvalue weighted by atomic mass is 10.1. The topological polar surface area (TPSA) is 33.2 Å². The van der Waals surface area contributed by atoms with Crippen LogP contribution < -0.4 is 0 Å². The van der Waals surface area contributed by atoms with Crippen LogP contribution in [0.4, 0.5) is 8.78 Å². The van der Waals surface area contributed by atoms with E-state index in [0.29, 0.717) is 13.1 Å². The van der Waals surface area contributed by atoms with Crippen molar-refractivity contribution in [3.63, 3.8) is 0 Å². The first-order chi connectivity index (χ1) is 10.1. The van der Waals surface area contributed by atoms with Crippen molar-refractivity contribution in [1.29, 1.82) is 0 Å². The molecule has 0 amide bonds. The van der Waals surface area contributed by atoms with E-state index >= 15 is 0 Å². The van der Waals surface area contributed by atoms with Crippen molar-refractivity contribution < 1.29 is 13.6 Å². The molecule has 0 bridgehead atoms. The molecule has 2 aromatic rings. The fourth-order valence-electron chi connectivity index (χ4n) is 2.03. The van der Waals surface area contributed by atoms with E-state index in [-0.39, 0.29) is 12.1 Å². The Bertz CT molecular complexity index is 617. The van der Waals surface area contributed by atoms with Crippen molar-refractivity contribution in [2.24, 2.45) is 0 Å². The largest absolute Gasteiger partial charge is 0.293 e. The van der Waals surface area contributed by atoms with Gasteiger partial charge in [-0.05, 0) is 42.4 Å². The van der Waals surface area contributed by atoms with Gasteiger partial charge >= 0.3 is 0 Å². The van der Waals surface area contributed by atoms with Gasteiger partial charge in [-0.2, -0.15) is 0 Å². The number of nitrogens with zero attached hydrogens (tertiary/aromatic N) is 2. The van der Waals surface area contributed by atoms with Crippen LogP contribution in [-0.4, -0.2) is 28.8 Å². The van der Waals surface area contributed by atoms with Crippen LogP contribution >= 0.6 is 0 Å². The normalized spacial score (nSPS) is 10.9. The highest BCUT2D eigenvalue weighted by atomic mass is 19.1. The van der Waals surface area contributed by atoms with Gasteiger partial charge in [0, 0.05) is 18.9 Å². The molecule has 0 aliphatic carbocycles. The average molecular weight is 290 g/mol. The van der Waals surface area contributed by atoms with Gasteiger partial charge in [-0.25, -0.2) is 8.78 Å². The highest BCUT2D eigenvalue weighted by Crippen LogP contribution is 2.12. The van der Waals surface area contributed by atoms with Gasteiger partial charge in [-0.15, -0.1) is 0 Å². The van der Waals surface area contributed by atoms with E-state index in [0.717, 1.165) is 23.8 Å². The summed E-state index contributed by atoms with van der Waals surface area (Å²) in [7, 11) is 0. The van der Waals surface area contributed by atoms with Gasteiger partial charge in [0.15, 0.2) is 5.78 Å². The number of benzene rings is 1. The smallest absolute Gasteiger partial charge is 0.179 e. The molecule has 1 heterocycles. The lowest BCUT2D eigenvalue weighted by molar-refractivity contribution is 0.0925. The molecule has 0 N–H and O–H groups in total. The Labute approximate surface area is 122 Å². The molecular formula is C16H16F2N2O. The highest BCUT2D eigenvalue weighted by molar-refractivity contribution is 5.97. The predicted molar refractivity (Wildman–Crippen MR) is 75.9 cm³/mol. The van der Waals surface area contributed by atoms with E-state index in [4.69, 9.17) is 0 Å². The van der Waals surface area contributed by atoms with Crippen molar-refractivity contribution in [2.75, 3.05) is 13.1 Å². The summed E-state index contributed by atoms with van der Waals surface area (Å²) < 4.78 is 26.7. The van der Waals surface area contributed by atoms with Crippen molar-refractivity contribution in [3.8, 4) is 0 Å². The predicted octanol–water partition coefficient (Wildman–Crippen LogP) is 3.06. The van der Waals surface area contributed by atoms with Gasteiger partial charge in [-0.1, -0.05) is 6.92 Å². The van der Waals surface area contributed by atoms with E-state index in [2.05, 4.69) is 4.98 Å². The number of ketones is 1. The van der Waals surface area contributed by atoms with Gasteiger partial charge in [-0.3, -0.25) is 14.7 Å². The van der Waals surface area contributed by atoms with E-state index in [1.54, 1.807) is 12.4 Å². The number of Topliss-reactive ketones (excluding diaryl/α,β-unsaturated/α-hetero) is 1. The van der Waals surface area contributed by atoms with Gasteiger partial charge < -0.3 is 0 Å². The Morgan fingerprint density at radius 2 is 1.90 bits per heavy atom. The number of carbonyl (C=O) groups excluding carboxylic acids is 1. The lowest BCUT2D eigenvalue weighted by Crippen LogP contribution is -2.29.